The third-order valence-corrected chi connectivity index (χ3v) is 14.0. The Hall–Kier alpha value is -3.61. The van der Waals surface area contributed by atoms with Crippen molar-refractivity contribution in [2.45, 2.75) is 63.4 Å². The second-order valence-electron chi connectivity index (χ2n) is 15.3. The first-order valence-corrected chi connectivity index (χ1v) is 20.5. The first-order valence-electron chi connectivity index (χ1n) is 18.4. The molecule has 5 aliphatic rings. The van der Waals surface area contributed by atoms with Crippen molar-refractivity contribution in [3.63, 3.8) is 0 Å². The van der Waals surface area contributed by atoms with Crippen molar-refractivity contribution >= 4 is 45.1 Å². The Kier molecular flexibility index (Phi) is 10.6. The molecule has 2 bridgehead atoms. The Balaban J connectivity index is 1.26. The summed E-state index contributed by atoms with van der Waals surface area (Å²) in [4.78, 5) is 43.4. The molecule has 7 atom stereocenters. The van der Waals surface area contributed by atoms with Gasteiger partial charge < -0.3 is 24.0 Å². The molecule has 11 nitrogen and oxygen atoms in total. The first kappa shape index (κ1) is 36.7. The van der Waals surface area contributed by atoms with E-state index in [1.54, 1.807) is 13.2 Å². The van der Waals surface area contributed by atoms with Crippen LogP contribution in [0, 0.1) is 23.7 Å². The number of nitrogens with one attached hydrogen (secondary N) is 1. The fourth-order valence-electron chi connectivity index (χ4n) is 8.88. The van der Waals surface area contributed by atoms with Crippen LogP contribution in [0.2, 0.25) is 5.02 Å². The fraction of sp³-hybridized carbons (Fsp3) is 0.564. The molecule has 52 heavy (non-hydrogen) atoms. The molecule has 3 amide bonds. The predicted octanol–water partition coefficient (Wildman–Crippen LogP) is 6.18. The van der Waals surface area contributed by atoms with Gasteiger partial charge in [-0.05, 0) is 104 Å². The van der Waals surface area contributed by atoms with E-state index in [0.717, 1.165) is 49.4 Å². The van der Waals surface area contributed by atoms with E-state index in [0.29, 0.717) is 50.1 Å². The molecule has 2 aliphatic carbocycles. The minimum Gasteiger partial charge on any atom is -0.490 e. The number of allylic oxidation sites excluding steroid dienone is 1. The van der Waals surface area contributed by atoms with Gasteiger partial charge in [0.25, 0.3) is 5.91 Å². The Labute approximate surface area is 311 Å². The van der Waals surface area contributed by atoms with Gasteiger partial charge in [-0.2, -0.15) is 0 Å². The third kappa shape index (κ3) is 7.43. The van der Waals surface area contributed by atoms with Gasteiger partial charge in [0.15, 0.2) is 0 Å². The number of aryl methyl sites for hydroxylation is 1. The highest BCUT2D eigenvalue weighted by atomic mass is 35.5. The van der Waals surface area contributed by atoms with Crippen molar-refractivity contribution < 1.29 is 32.8 Å². The lowest BCUT2D eigenvalue weighted by atomic mass is 9.68. The maximum Gasteiger partial charge on any atom is 0.409 e. The van der Waals surface area contributed by atoms with Gasteiger partial charge in [0.05, 0.1) is 37.2 Å². The second kappa shape index (κ2) is 15.0. The summed E-state index contributed by atoms with van der Waals surface area (Å²) in [5, 5.41) is 0.732. The van der Waals surface area contributed by atoms with Crippen molar-refractivity contribution in [3.8, 4) is 5.75 Å². The highest BCUT2D eigenvalue weighted by molar-refractivity contribution is 7.92. The van der Waals surface area contributed by atoms with E-state index < -0.39 is 33.7 Å². The fourth-order valence-corrected chi connectivity index (χ4v) is 11.0. The van der Waals surface area contributed by atoms with Crippen LogP contribution >= 0.6 is 11.6 Å². The molecule has 2 fully saturated rings. The number of ether oxygens (including phenoxy) is 3. The van der Waals surface area contributed by atoms with Crippen molar-refractivity contribution in [2.75, 3.05) is 57.7 Å². The van der Waals surface area contributed by atoms with E-state index >= 15 is 0 Å². The Morgan fingerprint density at radius 1 is 1.12 bits per heavy atom. The summed E-state index contributed by atoms with van der Waals surface area (Å²) >= 11 is 6.45. The Bertz CT molecular complexity index is 1880. The number of fused-ring (bicyclic) bond motifs is 4. The lowest BCUT2D eigenvalue weighted by Gasteiger charge is -2.46. The molecule has 2 aromatic carbocycles. The molecule has 3 aliphatic heterocycles. The number of rotatable bonds is 3. The van der Waals surface area contributed by atoms with Crippen LogP contribution in [-0.2, 0) is 36.0 Å². The first-order chi connectivity index (χ1) is 25.0. The molecule has 1 N–H and O–H groups in total. The molecule has 1 spiro atoms. The number of halogens is 1. The molecule has 3 heterocycles. The van der Waals surface area contributed by atoms with Crippen LogP contribution < -0.4 is 14.4 Å². The number of amides is 3. The largest absolute Gasteiger partial charge is 0.490 e. The van der Waals surface area contributed by atoms with Crippen LogP contribution in [0.15, 0.2) is 52.9 Å². The lowest BCUT2D eigenvalue weighted by Crippen LogP contribution is -2.49. The molecule has 7 rings (SSSR count). The average molecular weight is 753 g/mol. The molecular weight excluding hydrogens is 704 g/mol. The smallest absolute Gasteiger partial charge is 0.409 e. The van der Waals surface area contributed by atoms with E-state index in [-0.39, 0.29) is 35.3 Å². The zero-order valence-corrected chi connectivity index (χ0v) is 31.8. The van der Waals surface area contributed by atoms with Gasteiger partial charge in [-0.1, -0.05) is 36.7 Å². The van der Waals surface area contributed by atoms with E-state index in [9.17, 15) is 18.6 Å². The van der Waals surface area contributed by atoms with E-state index in [1.165, 1.54) is 23.1 Å². The van der Waals surface area contributed by atoms with Crippen LogP contribution in [0.3, 0.4) is 0 Å². The summed E-state index contributed by atoms with van der Waals surface area (Å²) in [6.07, 6.45) is 9.63. The number of hydrogen-bond acceptors (Lipinski definition) is 8. The summed E-state index contributed by atoms with van der Waals surface area (Å²) in [5.74, 6) is -0.554. The quantitative estimate of drug-likeness (QED) is 0.369. The highest BCUT2D eigenvalue weighted by Gasteiger charge is 2.44. The molecule has 13 heteroatoms. The average Bonchev–Trinajstić information content (AvgIpc) is 3.56. The summed E-state index contributed by atoms with van der Waals surface area (Å²) in [6, 6.07) is 11.5. The number of benzene rings is 2. The predicted molar refractivity (Wildman–Crippen MR) is 200 cm³/mol. The molecular formula is C39H49ClN4O7S. The number of anilines is 1. The molecule has 0 aromatic heterocycles. The van der Waals surface area contributed by atoms with Gasteiger partial charge in [-0.15, -0.1) is 4.36 Å². The molecule has 0 radical (unpaired) electrons. The maximum atomic E-state index is 14.6. The molecule has 1 saturated heterocycles. The molecule has 2 aromatic rings. The van der Waals surface area contributed by atoms with Gasteiger partial charge in [-0.3, -0.25) is 14.3 Å². The SMILES string of the molecule is COC(=O)N1CC[C@@H](C(=O)N[S@@]2(=O)=NC(=O)c3ccc4c(c3)N(C[C@@H]3CC[C@H]3[C@@H](OC)/C=C/C[C@H](C)C2)C[C@@]2(CCCc3cc(Cl)ccc32)CO4)C1. The molecule has 280 valence electrons. The number of carbonyl (C=O) groups excluding carboxylic acids is 3. The van der Waals surface area contributed by atoms with Crippen LogP contribution in [0.5, 0.6) is 5.75 Å². The molecule has 1 saturated carbocycles. The number of hydrogen-bond donors (Lipinski definition) is 1. The summed E-state index contributed by atoms with van der Waals surface area (Å²) < 4.78 is 39.0. The summed E-state index contributed by atoms with van der Waals surface area (Å²) in [6.45, 7) is 4.38. The van der Waals surface area contributed by atoms with E-state index in [2.05, 4.69) is 38.3 Å². The topological polar surface area (TPSA) is 127 Å². The van der Waals surface area contributed by atoms with E-state index in [1.807, 2.05) is 25.1 Å². The third-order valence-electron chi connectivity index (χ3n) is 11.8. The second-order valence-corrected chi connectivity index (χ2v) is 17.8. The number of carbonyl (C=O) groups is 3. The standard InChI is InChI=1S/C39H49ClN4O7S/c1-25-6-4-8-34(49-2)31-12-9-28(31)20-44-23-39(16-5-7-26-18-30(40)11-13-32(26)39)24-51-35-14-10-27(19-33(35)44)36(45)41-52(48,22-25)42-37(46)29-15-17-43(21-29)38(47)50-3/h4,8,10-11,13-14,18-19,25,28-29,31,34H,5-7,9,12,15-17,20-24H2,1-3H3,(H,41,42,45,46,48)/b8-4+/t25-,28-,29+,31+,34-,39-,52-/m0/s1. The Morgan fingerprint density at radius 2 is 1.96 bits per heavy atom. The summed E-state index contributed by atoms with van der Waals surface area (Å²) in [5.41, 5.74) is 3.33. The number of nitrogens with zero attached hydrogens (tertiary/aromatic N) is 3. The van der Waals surface area contributed by atoms with Crippen molar-refractivity contribution in [1.82, 2.24) is 9.62 Å². The zero-order valence-electron chi connectivity index (χ0n) is 30.2. The van der Waals surface area contributed by atoms with Gasteiger partial charge in [0, 0.05) is 49.3 Å². The van der Waals surface area contributed by atoms with Gasteiger partial charge in [0.1, 0.15) is 15.7 Å². The van der Waals surface area contributed by atoms with Crippen molar-refractivity contribution in [3.05, 3.63) is 70.3 Å². The maximum absolute atomic E-state index is 14.6. The van der Waals surface area contributed by atoms with Gasteiger partial charge in [0.2, 0.25) is 5.91 Å². The van der Waals surface area contributed by atoms with Crippen LogP contribution in [0.4, 0.5) is 10.5 Å². The minimum absolute atomic E-state index is 0.0158. The van der Waals surface area contributed by atoms with Crippen molar-refractivity contribution in [2.24, 2.45) is 28.0 Å². The highest BCUT2D eigenvalue weighted by Crippen LogP contribution is 2.47. The van der Waals surface area contributed by atoms with Gasteiger partial charge >= 0.3 is 6.09 Å². The lowest BCUT2D eigenvalue weighted by molar-refractivity contribution is -0.122. The van der Waals surface area contributed by atoms with Crippen LogP contribution in [-0.4, -0.2) is 85.9 Å². The van der Waals surface area contributed by atoms with Crippen molar-refractivity contribution in [1.29, 1.82) is 0 Å². The molecule has 0 unspecified atom stereocenters. The normalized spacial score (nSPS) is 32.3. The summed E-state index contributed by atoms with van der Waals surface area (Å²) in [7, 11) is -0.505. The van der Waals surface area contributed by atoms with Crippen LogP contribution in [0.1, 0.15) is 66.9 Å². The number of methoxy groups -OCH3 is 2. The van der Waals surface area contributed by atoms with Crippen LogP contribution in [0.25, 0.3) is 0 Å². The van der Waals surface area contributed by atoms with Gasteiger partial charge in [-0.25, -0.2) is 9.00 Å². The van der Waals surface area contributed by atoms with E-state index in [4.69, 9.17) is 25.8 Å². The minimum atomic E-state index is -3.55. The monoisotopic (exact) mass is 752 g/mol. The zero-order chi connectivity index (χ0) is 36.6. The Morgan fingerprint density at radius 3 is 2.73 bits per heavy atom. The number of likely N-dealkylation sites (tertiary alicyclic amines) is 1.